The standard InChI is InChI=1S/C15H18F3N5.HI/c1-19-14(20-8-7-15(16,17)18)22-10-13-21-9-12(23-13)11-5-3-2-4-6-11;/h2-6,9H,7-8,10H2,1H3,(H,21,23)(H2,19,20,22);1H. The zero-order chi connectivity index (χ0) is 16.7. The highest BCUT2D eigenvalue weighted by molar-refractivity contribution is 14.0. The molecule has 2 aromatic rings. The molecule has 0 radical (unpaired) electrons. The van der Waals surface area contributed by atoms with Gasteiger partial charge >= 0.3 is 6.18 Å². The van der Waals surface area contributed by atoms with Gasteiger partial charge in [-0.05, 0) is 5.56 Å². The molecule has 9 heteroatoms. The highest BCUT2D eigenvalue weighted by atomic mass is 127. The molecular formula is C15H19F3IN5. The third kappa shape index (κ3) is 6.77. The summed E-state index contributed by atoms with van der Waals surface area (Å²) in [4.78, 5) is 11.3. The minimum absolute atomic E-state index is 0. The molecule has 0 saturated carbocycles. The number of nitrogens with zero attached hydrogens (tertiary/aromatic N) is 2. The van der Waals surface area contributed by atoms with Crippen molar-refractivity contribution in [2.24, 2.45) is 4.99 Å². The summed E-state index contributed by atoms with van der Waals surface area (Å²) >= 11 is 0. The first-order chi connectivity index (χ1) is 11.0. The van der Waals surface area contributed by atoms with Gasteiger partial charge in [-0.2, -0.15) is 13.2 Å². The van der Waals surface area contributed by atoms with Crippen molar-refractivity contribution in [1.29, 1.82) is 0 Å². The lowest BCUT2D eigenvalue weighted by Crippen LogP contribution is -2.38. The number of aromatic amines is 1. The Balaban J connectivity index is 0.00000288. The second-order valence-electron chi connectivity index (χ2n) is 4.83. The molecule has 1 aromatic carbocycles. The maximum absolute atomic E-state index is 12.1. The molecule has 0 atom stereocenters. The monoisotopic (exact) mass is 453 g/mol. The number of benzene rings is 1. The predicted molar refractivity (Wildman–Crippen MR) is 98.3 cm³/mol. The van der Waals surface area contributed by atoms with Crippen LogP contribution in [0.3, 0.4) is 0 Å². The van der Waals surface area contributed by atoms with Crippen molar-refractivity contribution in [3.05, 3.63) is 42.4 Å². The third-order valence-electron chi connectivity index (χ3n) is 3.06. The van der Waals surface area contributed by atoms with E-state index in [1.54, 1.807) is 6.20 Å². The highest BCUT2D eigenvalue weighted by Gasteiger charge is 2.26. The molecular weight excluding hydrogens is 434 g/mol. The van der Waals surface area contributed by atoms with E-state index < -0.39 is 12.6 Å². The zero-order valence-electron chi connectivity index (χ0n) is 13.0. The lowest BCUT2D eigenvalue weighted by Gasteiger charge is -2.12. The molecule has 0 aliphatic rings. The van der Waals surface area contributed by atoms with Crippen LogP contribution in [0.4, 0.5) is 13.2 Å². The molecule has 0 spiro atoms. The fourth-order valence-electron chi connectivity index (χ4n) is 1.93. The Labute approximate surface area is 155 Å². The van der Waals surface area contributed by atoms with Gasteiger partial charge < -0.3 is 15.6 Å². The predicted octanol–water partition coefficient (Wildman–Crippen LogP) is 3.31. The van der Waals surface area contributed by atoms with Gasteiger partial charge in [-0.3, -0.25) is 4.99 Å². The van der Waals surface area contributed by atoms with Gasteiger partial charge in [-0.15, -0.1) is 24.0 Å². The molecule has 1 heterocycles. The summed E-state index contributed by atoms with van der Waals surface area (Å²) < 4.78 is 36.3. The van der Waals surface area contributed by atoms with Crippen LogP contribution in [0.5, 0.6) is 0 Å². The van der Waals surface area contributed by atoms with Crippen molar-refractivity contribution in [2.45, 2.75) is 19.1 Å². The van der Waals surface area contributed by atoms with E-state index in [1.165, 1.54) is 7.05 Å². The van der Waals surface area contributed by atoms with Gasteiger partial charge in [0, 0.05) is 13.6 Å². The SMILES string of the molecule is CN=C(NCCC(F)(F)F)NCc1ncc(-c2ccccc2)[nH]1.I. The van der Waals surface area contributed by atoms with E-state index in [9.17, 15) is 13.2 Å². The average molecular weight is 453 g/mol. The first-order valence-electron chi connectivity index (χ1n) is 7.08. The number of rotatable bonds is 5. The third-order valence-corrected chi connectivity index (χ3v) is 3.06. The molecule has 0 fully saturated rings. The maximum Gasteiger partial charge on any atom is 0.390 e. The minimum atomic E-state index is -4.18. The number of halogens is 4. The van der Waals surface area contributed by atoms with Crippen molar-refractivity contribution in [1.82, 2.24) is 20.6 Å². The second-order valence-corrected chi connectivity index (χ2v) is 4.83. The molecule has 0 saturated heterocycles. The molecule has 0 aliphatic heterocycles. The average Bonchev–Trinajstić information content (AvgIpc) is 2.99. The summed E-state index contributed by atoms with van der Waals surface area (Å²) in [6.07, 6.45) is -3.38. The van der Waals surface area contributed by atoms with Crippen LogP contribution in [0, 0.1) is 0 Å². The van der Waals surface area contributed by atoms with Crippen LogP contribution >= 0.6 is 24.0 Å². The van der Waals surface area contributed by atoms with Crippen LogP contribution < -0.4 is 10.6 Å². The number of nitrogens with one attached hydrogen (secondary N) is 3. The van der Waals surface area contributed by atoms with Crippen LogP contribution in [0.15, 0.2) is 41.5 Å². The first kappa shape index (κ1) is 20.3. The lowest BCUT2D eigenvalue weighted by atomic mass is 10.2. The van der Waals surface area contributed by atoms with Gasteiger partial charge in [0.2, 0.25) is 0 Å². The van der Waals surface area contributed by atoms with E-state index in [0.717, 1.165) is 11.3 Å². The number of aromatic nitrogens is 2. The van der Waals surface area contributed by atoms with Crippen molar-refractivity contribution < 1.29 is 13.2 Å². The quantitative estimate of drug-likeness (QED) is 0.370. The summed E-state index contributed by atoms with van der Waals surface area (Å²) in [5.41, 5.74) is 1.89. The Bertz CT molecular complexity index is 640. The molecule has 0 bridgehead atoms. The number of guanidine groups is 1. The second kappa shape index (κ2) is 9.50. The van der Waals surface area contributed by atoms with E-state index in [4.69, 9.17) is 0 Å². The van der Waals surface area contributed by atoms with Crippen LogP contribution in [-0.4, -0.2) is 35.7 Å². The summed E-state index contributed by atoms with van der Waals surface area (Å²) in [5, 5.41) is 5.53. The maximum atomic E-state index is 12.1. The van der Waals surface area contributed by atoms with E-state index >= 15 is 0 Å². The van der Waals surface area contributed by atoms with Gasteiger partial charge in [0.25, 0.3) is 0 Å². The molecule has 3 N–H and O–H groups in total. The number of aliphatic imine (C=N–C) groups is 1. The summed E-state index contributed by atoms with van der Waals surface area (Å²) in [7, 11) is 1.50. The molecule has 0 unspecified atom stereocenters. The Hall–Kier alpha value is -1.78. The van der Waals surface area contributed by atoms with E-state index in [1.807, 2.05) is 30.3 Å². The van der Waals surface area contributed by atoms with Gasteiger partial charge in [-0.1, -0.05) is 30.3 Å². The minimum Gasteiger partial charge on any atom is -0.356 e. The topological polar surface area (TPSA) is 65.1 Å². The zero-order valence-corrected chi connectivity index (χ0v) is 15.4. The largest absolute Gasteiger partial charge is 0.390 e. The summed E-state index contributed by atoms with van der Waals surface area (Å²) in [6.45, 7) is 0.106. The van der Waals surface area contributed by atoms with Gasteiger partial charge in [-0.25, -0.2) is 4.98 Å². The summed E-state index contributed by atoms with van der Waals surface area (Å²) in [6, 6.07) is 9.71. The molecule has 132 valence electrons. The van der Waals surface area contributed by atoms with E-state index in [-0.39, 0.29) is 30.5 Å². The van der Waals surface area contributed by atoms with Gasteiger partial charge in [0.15, 0.2) is 5.96 Å². The van der Waals surface area contributed by atoms with E-state index in [0.29, 0.717) is 18.3 Å². The lowest BCUT2D eigenvalue weighted by molar-refractivity contribution is -0.132. The van der Waals surface area contributed by atoms with Crippen LogP contribution in [0.1, 0.15) is 12.2 Å². The molecule has 0 aliphatic carbocycles. The van der Waals surface area contributed by atoms with Crippen molar-refractivity contribution >= 4 is 29.9 Å². The number of imidazole rings is 1. The van der Waals surface area contributed by atoms with Crippen molar-refractivity contribution in [2.75, 3.05) is 13.6 Å². The molecule has 1 aromatic heterocycles. The van der Waals surface area contributed by atoms with Crippen LogP contribution in [-0.2, 0) is 6.54 Å². The fourth-order valence-corrected chi connectivity index (χ4v) is 1.93. The Morgan fingerprint density at radius 2 is 1.92 bits per heavy atom. The number of hydrogen-bond acceptors (Lipinski definition) is 2. The summed E-state index contributed by atoms with van der Waals surface area (Å²) in [5.74, 6) is 0.967. The highest BCUT2D eigenvalue weighted by Crippen LogP contribution is 2.18. The molecule has 5 nitrogen and oxygen atoms in total. The number of hydrogen-bond donors (Lipinski definition) is 3. The smallest absolute Gasteiger partial charge is 0.356 e. The number of alkyl halides is 3. The van der Waals surface area contributed by atoms with Crippen molar-refractivity contribution in [3.8, 4) is 11.3 Å². The Morgan fingerprint density at radius 3 is 2.54 bits per heavy atom. The fraction of sp³-hybridized carbons (Fsp3) is 0.333. The Kier molecular flexibility index (Phi) is 8.02. The number of H-pyrrole nitrogens is 1. The Morgan fingerprint density at radius 1 is 1.21 bits per heavy atom. The molecule has 0 amide bonds. The van der Waals surface area contributed by atoms with Gasteiger partial charge in [0.1, 0.15) is 5.82 Å². The van der Waals surface area contributed by atoms with Crippen molar-refractivity contribution in [3.63, 3.8) is 0 Å². The van der Waals surface area contributed by atoms with Gasteiger partial charge in [0.05, 0.1) is 24.9 Å². The van der Waals surface area contributed by atoms with Crippen LogP contribution in [0.2, 0.25) is 0 Å². The first-order valence-corrected chi connectivity index (χ1v) is 7.08. The molecule has 2 rings (SSSR count). The molecule has 24 heavy (non-hydrogen) atoms. The normalized spacial score (nSPS) is 11.8. The van der Waals surface area contributed by atoms with Crippen LogP contribution in [0.25, 0.3) is 11.3 Å². The van der Waals surface area contributed by atoms with E-state index in [2.05, 4.69) is 25.6 Å².